The van der Waals surface area contributed by atoms with Gasteiger partial charge in [0.2, 0.25) is 5.91 Å². The van der Waals surface area contributed by atoms with E-state index in [-0.39, 0.29) is 24.3 Å². The molecule has 2 N–H and O–H groups in total. The van der Waals surface area contributed by atoms with Crippen molar-refractivity contribution in [1.82, 2.24) is 15.2 Å². The van der Waals surface area contributed by atoms with Gasteiger partial charge in [0, 0.05) is 34.3 Å². The van der Waals surface area contributed by atoms with Crippen LogP contribution >= 0.6 is 0 Å². The molecule has 2 atom stereocenters. The molecule has 1 fully saturated rings. The highest BCUT2D eigenvalue weighted by Gasteiger charge is 2.38. The average Bonchev–Trinajstić information content (AvgIpc) is 3.31. The maximum atomic E-state index is 12.6. The molecule has 2 aliphatic rings. The van der Waals surface area contributed by atoms with Crippen LogP contribution in [0.5, 0.6) is 0 Å². The highest BCUT2D eigenvalue weighted by molar-refractivity contribution is 6.02. The first-order chi connectivity index (χ1) is 14.0. The van der Waals surface area contributed by atoms with E-state index in [1.165, 1.54) is 17.7 Å². The molecule has 152 valence electrons. The number of aryl methyl sites for hydroxylation is 1. The summed E-state index contributed by atoms with van der Waals surface area (Å²) in [5.74, 6) is -0.781. The summed E-state index contributed by atoms with van der Waals surface area (Å²) in [6, 6.07) is 4.93. The normalized spacial score (nSPS) is 20.6. The van der Waals surface area contributed by atoms with Gasteiger partial charge in [-0.2, -0.15) is 0 Å². The Balaban J connectivity index is 1.45. The van der Waals surface area contributed by atoms with Crippen molar-refractivity contribution in [3.63, 3.8) is 0 Å². The lowest BCUT2D eigenvalue weighted by Gasteiger charge is -2.22. The summed E-state index contributed by atoms with van der Waals surface area (Å²) < 4.78 is 4.81. The van der Waals surface area contributed by atoms with E-state index < -0.39 is 12.0 Å². The summed E-state index contributed by atoms with van der Waals surface area (Å²) >= 11 is 0. The Hall–Kier alpha value is -3.09. The number of amides is 2. The first kappa shape index (κ1) is 19.2. The second-order valence-corrected chi connectivity index (χ2v) is 7.83. The predicted molar refractivity (Wildman–Crippen MR) is 109 cm³/mol. The highest BCUT2D eigenvalue weighted by Crippen LogP contribution is 2.29. The van der Waals surface area contributed by atoms with Crippen LogP contribution in [-0.4, -0.2) is 53.9 Å². The van der Waals surface area contributed by atoms with E-state index >= 15 is 0 Å². The standard InChI is InChI=1S/C22H25N3O4/c1-13-9-19(22(28)29-2)25(12-13)20(26)11-23-21(27)14-7-8-18-16(10-14)15-5-3-4-6-17(15)24-18/h3,5,7-8,10,13,19,24H,4,6,9,11-12H2,1-2H3,(H,23,27)/t13-,19+/m1/s1. The third kappa shape index (κ3) is 3.64. The Bertz CT molecular complexity index is 1010. The molecule has 4 rings (SSSR count). The number of ether oxygens (including phenoxy) is 1. The maximum Gasteiger partial charge on any atom is 0.328 e. The zero-order chi connectivity index (χ0) is 20.5. The van der Waals surface area contributed by atoms with Gasteiger partial charge in [0.25, 0.3) is 5.91 Å². The Morgan fingerprint density at radius 2 is 2.14 bits per heavy atom. The van der Waals surface area contributed by atoms with E-state index in [2.05, 4.69) is 22.5 Å². The van der Waals surface area contributed by atoms with E-state index in [9.17, 15) is 14.4 Å². The molecule has 0 spiro atoms. The van der Waals surface area contributed by atoms with Gasteiger partial charge in [0.05, 0.1) is 13.7 Å². The number of rotatable bonds is 4. The van der Waals surface area contributed by atoms with Crippen LogP contribution < -0.4 is 5.32 Å². The molecule has 29 heavy (non-hydrogen) atoms. The van der Waals surface area contributed by atoms with Gasteiger partial charge in [-0.05, 0) is 43.4 Å². The predicted octanol–water partition coefficient (Wildman–Crippen LogP) is 2.27. The SMILES string of the molecule is COC(=O)[C@@H]1C[C@@H](C)CN1C(=O)CNC(=O)c1ccc2[nH]c3c(c2c1)C=CCC3. The van der Waals surface area contributed by atoms with Crippen molar-refractivity contribution in [2.45, 2.75) is 32.2 Å². The number of nitrogens with one attached hydrogen (secondary N) is 2. The molecular weight excluding hydrogens is 370 g/mol. The second-order valence-electron chi connectivity index (χ2n) is 7.83. The van der Waals surface area contributed by atoms with Gasteiger partial charge in [-0.1, -0.05) is 19.1 Å². The van der Waals surface area contributed by atoms with Crippen molar-refractivity contribution in [1.29, 1.82) is 0 Å². The summed E-state index contributed by atoms with van der Waals surface area (Å²) in [4.78, 5) is 42.1. The van der Waals surface area contributed by atoms with Crippen LogP contribution in [0.15, 0.2) is 24.3 Å². The Labute approximate surface area is 169 Å². The minimum Gasteiger partial charge on any atom is -0.467 e. The number of hydrogen-bond donors (Lipinski definition) is 2. The quantitative estimate of drug-likeness (QED) is 0.777. The molecule has 2 amide bonds. The smallest absolute Gasteiger partial charge is 0.328 e. The summed E-state index contributed by atoms with van der Waals surface area (Å²) in [5.41, 5.74) is 3.82. The van der Waals surface area contributed by atoms with E-state index in [0.29, 0.717) is 18.5 Å². The van der Waals surface area contributed by atoms with Crippen molar-refractivity contribution in [2.75, 3.05) is 20.2 Å². The van der Waals surface area contributed by atoms with Gasteiger partial charge in [-0.15, -0.1) is 0 Å². The van der Waals surface area contributed by atoms with Gasteiger partial charge in [0.15, 0.2) is 0 Å². The van der Waals surface area contributed by atoms with E-state index in [0.717, 1.165) is 29.3 Å². The number of allylic oxidation sites excluding steroid dienone is 1. The van der Waals surface area contributed by atoms with Crippen LogP contribution in [0.25, 0.3) is 17.0 Å². The molecule has 0 radical (unpaired) electrons. The molecule has 1 aliphatic heterocycles. The lowest BCUT2D eigenvalue weighted by atomic mass is 10.0. The number of benzene rings is 1. The first-order valence-corrected chi connectivity index (χ1v) is 9.94. The zero-order valence-electron chi connectivity index (χ0n) is 16.7. The minimum atomic E-state index is -0.575. The number of aromatic nitrogens is 1. The van der Waals surface area contributed by atoms with Gasteiger partial charge in [-0.25, -0.2) is 4.79 Å². The van der Waals surface area contributed by atoms with Crippen molar-refractivity contribution in [3.05, 3.63) is 41.1 Å². The fourth-order valence-electron chi connectivity index (χ4n) is 4.27. The van der Waals surface area contributed by atoms with E-state index in [4.69, 9.17) is 4.74 Å². The molecule has 1 aromatic heterocycles. The molecule has 1 saturated heterocycles. The van der Waals surface area contributed by atoms with Crippen LogP contribution in [0.4, 0.5) is 0 Å². The van der Waals surface area contributed by atoms with Crippen LogP contribution in [0.3, 0.4) is 0 Å². The minimum absolute atomic E-state index is 0.151. The van der Waals surface area contributed by atoms with Crippen molar-refractivity contribution < 1.29 is 19.1 Å². The van der Waals surface area contributed by atoms with Crippen LogP contribution in [0.1, 0.15) is 41.4 Å². The summed E-state index contributed by atoms with van der Waals surface area (Å²) in [6.07, 6.45) is 6.78. The number of esters is 1. The molecule has 0 bridgehead atoms. The van der Waals surface area contributed by atoms with Gasteiger partial charge < -0.3 is 19.9 Å². The Morgan fingerprint density at radius 1 is 1.31 bits per heavy atom. The number of fused-ring (bicyclic) bond motifs is 3. The monoisotopic (exact) mass is 395 g/mol. The lowest BCUT2D eigenvalue weighted by molar-refractivity contribution is -0.150. The zero-order valence-corrected chi connectivity index (χ0v) is 16.7. The number of H-pyrrole nitrogens is 1. The number of nitrogens with zero attached hydrogens (tertiary/aromatic N) is 1. The number of carbonyl (C=O) groups is 3. The molecule has 1 aliphatic carbocycles. The third-order valence-corrected chi connectivity index (χ3v) is 5.73. The maximum absolute atomic E-state index is 12.6. The van der Waals surface area contributed by atoms with Crippen LogP contribution in [-0.2, 0) is 20.7 Å². The number of hydrogen-bond acceptors (Lipinski definition) is 4. The second kappa shape index (κ2) is 7.73. The lowest BCUT2D eigenvalue weighted by Crippen LogP contribution is -2.46. The summed E-state index contributed by atoms with van der Waals surface area (Å²) in [6.45, 7) is 2.33. The van der Waals surface area contributed by atoms with Gasteiger partial charge in [0.1, 0.15) is 6.04 Å². The highest BCUT2D eigenvalue weighted by atomic mass is 16.5. The van der Waals surface area contributed by atoms with Crippen molar-refractivity contribution in [2.24, 2.45) is 5.92 Å². The fraction of sp³-hybridized carbons (Fsp3) is 0.409. The molecular formula is C22H25N3O4. The number of likely N-dealkylation sites (tertiary alicyclic amines) is 1. The number of aromatic amines is 1. The summed E-state index contributed by atoms with van der Waals surface area (Å²) in [5, 5.41) is 3.70. The van der Waals surface area contributed by atoms with Crippen LogP contribution in [0, 0.1) is 5.92 Å². The van der Waals surface area contributed by atoms with Crippen molar-refractivity contribution in [3.8, 4) is 0 Å². The molecule has 0 saturated carbocycles. The summed E-state index contributed by atoms with van der Waals surface area (Å²) in [7, 11) is 1.32. The average molecular weight is 395 g/mol. The Morgan fingerprint density at radius 3 is 2.93 bits per heavy atom. The molecule has 7 nitrogen and oxygen atoms in total. The van der Waals surface area contributed by atoms with Crippen molar-refractivity contribution >= 4 is 34.8 Å². The molecule has 2 aromatic rings. The number of carbonyl (C=O) groups excluding carboxylic acids is 3. The fourth-order valence-corrected chi connectivity index (χ4v) is 4.27. The molecule has 0 unspecified atom stereocenters. The number of methoxy groups -OCH3 is 1. The first-order valence-electron chi connectivity index (χ1n) is 9.94. The molecule has 7 heteroatoms. The largest absolute Gasteiger partial charge is 0.467 e. The van der Waals surface area contributed by atoms with Crippen LogP contribution in [0.2, 0.25) is 0 Å². The Kier molecular flexibility index (Phi) is 5.13. The molecule has 1 aromatic carbocycles. The molecule has 2 heterocycles. The third-order valence-electron chi connectivity index (χ3n) is 5.73. The van der Waals surface area contributed by atoms with Gasteiger partial charge >= 0.3 is 5.97 Å². The topological polar surface area (TPSA) is 91.5 Å². The van der Waals surface area contributed by atoms with E-state index in [1.807, 2.05) is 19.1 Å². The van der Waals surface area contributed by atoms with E-state index in [1.54, 1.807) is 6.07 Å². The van der Waals surface area contributed by atoms with Gasteiger partial charge in [-0.3, -0.25) is 9.59 Å².